The molecule has 1 aromatic rings. The van der Waals surface area contributed by atoms with Crippen molar-refractivity contribution in [3.05, 3.63) is 27.7 Å². The number of ether oxygens (including phenoxy) is 1. The SMILES string of the molecule is CC(=O)C(C)Oc1ccc(Br)cc1Cl. The van der Waals surface area contributed by atoms with Crippen LogP contribution in [-0.2, 0) is 4.79 Å². The van der Waals surface area contributed by atoms with Gasteiger partial charge in [-0.05, 0) is 32.0 Å². The Morgan fingerprint density at radius 1 is 1.57 bits per heavy atom. The van der Waals surface area contributed by atoms with Crippen molar-refractivity contribution in [3.8, 4) is 5.75 Å². The van der Waals surface area contributed by atoms with Crippen LogP contribution in [0.25, 0.3) is 0 Å². The lowest BCUT2D eigenvalue weighted by molar-refractivity contribution is -0.122. The fraction of sp³-hybridized carbons (Fsp3) is 0.300. The summed E-state index contributed by atoms with van der Waals surface area (Å²) in [6.45, 7) is 3.18. The molecule has 0 aliphatic rings. The molecular weight excluding hydrogens is 267 g/mol. The summed E-state index contributed by atoms with van der Waals surface area (Å²) in [6.07, 6.45) is -0.464. The van der Waals surface area contributed by atoms with Crippen molar-refractivity contribution in [2.24, 2.45) is 0 Å². The van der Waals surface area contributed by atoms with Crippen LogP contribution in [0.1, 0.15) is 13.8 Å². The average molecular weight is 278 g/mol. The summed E-state index contributed by atoms with van der Waals surface area (Å²) in [5.41, 5.74) is 0. The average Bonchev–Trinajstić information content (AvgIpc) is 2.09. The van der Waals surface area contributed by atoms with E-state index in [9.17, 15) is 4.79 Å². The standard InChI is InChI=1S/C10H10BrClO2/c1-6(13)7(2)14-10-4-3-8(11)5-9(10)12/h3-5,7H,1-2H3. The van der Waals surface area contributed by atoms with Crippen LogP contribution in [0.2, 0.25) is 5.02 Å². The molecule has 0 heterocycles. The topological polar surface area (TPSA) is 26.3 Å². The molecule has 14 heavy (non-hydrogen) atoms. The van der Waals surface area contributed by atoms with E-state index in [0.29, 0.717) is 10.8 Å². The Hall–Kier alpha value is -0.540. The van der Waals surface area contributed by atoms with Gasteiger partial charge in [0.15, 0.2) is 11.9 Å². The largest absolute Gasteiger partial charge is 0.481 e. The first kappa shape index (κ1) is 11.5. The lowest BCUT2D eigenvalue weighted by Crippen LogP contribution is -2.20. The number of hydrogen-bond acceptors (Lipinski definition) is 2. The van der Waals surface area contributed by atoms with E-state index in [1.807, 2.05) is 6.07 Å². The summed E-state index contributed by atoms with van der Waals surface area (Å²) in [6, 6.07) is 5.27. The third-order valence-corrected chi connectivity index (χ3v) is 2.56. The molecule has 0 aliphatic carbocycles. The lowest BCUT2D eigenvalue weighted by atomic mass is 10.3. The van der Waals surface area contributed by atoms with Crippen LogP contribution in [0, 0.1) is 0 Å². The van der Waals surface area contributed by atoms with Crippen LogP contribution in [-0.4, -0.2) is 11.9 Å². The van der Waals surface area contributed by atoms with E-state index in [1.54, 1.807) is 19.1 Å². The monoisotopic (exact) mass is 276 g/mol. The number of Topliss-reactive ketones (excluding diaryl/α,β-unsaturated/α-hetero) is 1. The molecule has 76 valence electrons. The summed E-state index contributed by atoms with van der Waals surface area (Å²) in [5, 5.41) is 0.493. The second kappa shape index (κ2) is 4.80. The number of benzene rings is 1. The number of ketones is 1. The van der Waals surface area contributed by atoms with Crippen LogP contribution < -0.4 is 4.74 Å². The number of rotatable bonds is 3. The summed E-state index contributed by atoms with van der Waals surface area (Å²) < 4.78 is 6.24. The Morgan fingerprint density at radius 2 is 2.21 bits per heavy atom. The van der Waals surface area contributed by atoms with Crippen molar-refractivity contribution in [1.29, 1.82) is 0 Å². The molecule has 0 spiro atoms. The molecule has 0 bridgehead atoms. The van der Waals surface area contributed by atoms with Crippen molar-refractivity contribution >= 4 is 33.3 Å². The zero-order valence-electron chi connectivity index (χ0n) is 7.88. The Bertz CT molecular complexity index is 352. The number of carbonyl (C=O) groups excluding carboxylic acids is 1. The quantitative estimate of drug-likeness (QED) is 0.846. The highest BCUT2D eigenvalue weighted by molar-refractivity contribution is 9.10. The normalized spacial score (nSPS) is 12.3. The van der Waals surface area contributed by atoms with Crippen LogP contribution >= 0.6 is 27.5 Å². The predicted octanol–water partition coefficient (Wildman–Crippen LogP) is 3.46. The second-order valence-electron chi connectivity index (χ2n) is 2.95. The van der Waals surface area contributed by atoms with Gasteiger partial charge in [0.2, 0.25) is 0 Å². The molecule has 1 rings (SSSR count). The fourth-order valence-corrected chi connectivity index (χ4v) is 1.56. The maximum absolute atomic E-state index is 10.9. The first-order chi connectivity index (χ1) is 6.50. The highest BCUT2D eigenvalue weighted by Gasteiger charge is 2.11. The summed E-state index contributed by atoms with van der Waals surface area (Å²) in [5.74, 6) is 0.501. The Labute approximate surface area is 96.3 Å². The van der Waals surface area contributed by atoms with Crippen molar-refractivity contribution in [2.45, 2.75) is 20.0 Å². The van der Waals surface area contributed by atoms with Crippen LogP contribution in [0.5, 0.6) is 5.75 Å². The molecule has 2 nitrogen and oxygen atoms in total. The van der Waals surface area contributed by atoms with Gasteiger partial charge in [-0.2, -0.15) is 0 Å². The first-order valence-corrected chi connectivity index (χ1v) is 5.30. The first-order valence-electron chi connectivity index (χ1n) is 4.13. The molecule has 4 heteroatoms. The summed E-state index contributed by atoms with van der Waals surface area (Å²) >= 11 is 9.20. The van der Waals surface area contributed by atoms with Crippen molar-refractivity contribution < 1.29 is 9.53 Å². The van der Waals surface area contributed by atoms with Gasteiger partial charge in [-0.3, -0.25) is 4.79 Å². The van der Waals surface area contributed by atoms with E-state index in [0.717, 1.165) is 4.47 Å². The fourth-order valence-electron chi connectivity index (χ4n) is 0.844. The molecule has 1 unspecified atom stereocenters. The van der Waals surface area contributed by atoms with E-state index >= 15 is 0 Å². The Balaban J connectivity index is 2.82. The summed E-state index contributed by atoms with van der Waals surface area (Å²) in [4.78, 5) is 10.9. The smallest absolute Gasteiger partial charge is 0.169 e. The zero-order chi connectivity index (χ0) is 10.7. The van der Waals surface area contributed by atoms with Gasteiger partial charge < -0.3 is 4.74 Å². The third kappa shape index (κ3) is 3.00. The summed E-state index contributed by atoms with van der Waals surface area (Å²) in [7, 11) is 0. The molecule has 0 aromatic heterocycles. The minimum atomic E-state index is -0.464. The minimum Gasteiger partial charge on any atom is -0.481 e. The van der Waals surface area contributed by atoms with Crippen LogP contribution in [0.3, 0.4) is 0 Å². The highest BCUT2D eigenvalue weighted by Crippen LogP contribution is 2.28. The van der Waals surface area contributed by atoms with Gasteiger partial charge in [-0.15, -0.1) is 0 Å². The molecule has 1 aromatic carbocycles. The minimum absolute atomic E-state index is 0.0241. The molecule has 0 N–H and O–H groups in total. The van der Waals surface area contributed by atoms with E-state index in [-0.39, 0.29) is 5.78 Å². The van der Waals surface area contributed by atoms with Gasteiger partial charge in [0.25, 0.3) is 0 Å². The number of hydrogen-bond donors (Lipinski definition) is 0. The van der Waals surface area contributed by atoms with Gasteiger partial charge in [-0.1, -0.05) is 27.5 Å². The van der Waals surface area contributed by atoms with Gasteiger partial charge in [0, 0.05) is 4.47 Å². The molecule has 0 saturated carbocycles. The molecular formula is C10H10BrClO2. The molecule has 0 fully saturated rings. The van der Waals surface area contributed by atoms with Crippen molar-refractivity contribution in [3.63, 3.8) is 0 Å². The van der Waals surface area contributed by atoms with Crippen molar-refractivity contribution in [2.75, 3.05) is 0 Å². The van der Waals surface area contributed by atoms with Gasteiger partial charge in [0.05, 0.1) is 5.02 Å². The maximum atomic E-state index is 10.9. The number of carbonyl (C=O) groups is 1. The van der Waals surface area contributed by atoms with E-state index in [1.165, 1.54) is 6.92 Å². The Kier molecular flexibility index (Phi) is 3.96. The molecule has 1 atom stereocenters. The lowest BCUT2D eigenvalue weighted by Gasteiger charge is -2.12. The molecule has 0 radical (unpaired) electrons. The highest BCUT2D eigenvalue weighted by atomic mass is 79.9. The van der Waals surface area contributed by atoms with E-state index in [4.69, 9.17) is 16.3 Å². The van der Waals surface area contributed by atoms with Crippen LogP contribution in [0.15, 0.2) is 22.7 Å². The van der Waals surface area contributed by atoms with Gasteiger partial charge >= 0.3 is 0 Å². The zero-order valence-corrected chi connectivity index (χ0v) is 10.2. The van der Waals surface area contributed by atoms with E-state index in [2.05, 4.69) is 15.9 Å². The van der Waals surface area contributed by atoms with Gasteiger partial charge in [0.1, 0.15) is 5.75 Å². The predicted molar refractivity (Wildman–Crippen MR) is 59.9 cm³/mol. The van der Waals surface area contributed by atoms with Crippen LogP contribution in [0.4, 0.5) is 0 Å². The van der Waals surface area contributed by atoms with Crippen molar-refractivity contribution in [1.82, 2.24) is 0 Å². The van der Waals surface area contributed by atoms with E-state index < -0.39 is 6.10 Å². The maximum Gasteiger partial charge on any atom is 0.169 e. The molecule has 0 amide bonds. The second-order valence-corrected chi connectivity index (χ2v) is 4.27. The molecule has 0 saturated heterocycles. The Morgan fingerprint density at radius 3 is 2.71 bits per heavy atom. The van der Waals surface area contributed by atoms with Gasteiger partial charge in [-0.25, -0.2) is 0 Å². The molecule has 0 aliphatic heterocycles. The number of halogens is 2. The third-order valence-electron chi connectivity index (χ3n) is 1.77.